The molecule has 0 spiro atoms. The largest absolute Gasteiger partial charge is 0.497 e. The number of hydrogen-bond donors (Lipinski definition) is 1. The molecular formula is C19H22FN5O2. The zero-order valence-corrected chi connectivity index (χ0v) is 15.4. The Hall–Kier alpha value is -2.74. The molecule has 0 unspecified atom stereocenters. The van der Waals surface area contributed by atoms with E-state index in [1.54, 1.807) is 23.8 Å². The molecular weight excluding hydrogens is 349 g/mol. The summed E-state index contributed by atoms with van der Waals surface area (Å²) in [6.45, 7) is 3.71. The minimum Gasteiger partial charge on any atom is -0.497 e. The Labute approximate surface area is 156 Å². The molecule has 1 aliphatic rings. The van der Waals surface area contributed by atoms with Crippen molar-refractivity contribution in [1.29, 1.82) is 0 Å². The van der Waals surface area contributed by atoms with Crippen molar-refractivity contribution < 1.29 is 13.9 Å². The summed E-state index contributed by atoms with van der Waals surface area (Å²) in [5, 5.41) is 7.64. The molecule has 0 bridgehead atoms. The molecule has 1 N–H and O–H groups in total. The number of nitrogens with one attached hydrogen (secondary N) is 1. The second-order valence-corrected chi connectivity index (χ2v) is 6.67. The number of ether oxygens (including phenoxy) is 2. The highest BCUT2D eigenvalue weighted by Gasteiger charge is 2.21. The zero-order chi connectivity index (χ0) is 18.8. The van der Waals surface area contributed by atoms with E-state index in [0.29, 0.717) is 29.0 Å². The summed E-state index contributed by atoms with van der Waals surface area (Å²) in [6.07, 6.45) is 1.91. The summed E-state index contributed by atoms with van der Waals surface area (Å²) >= 11 is 0. The van der Waals surface area contributed by atoms with Gasteiger partial charge in [0.25, 0.3) is 5.78 Å². The quantitative estimate of drug-likeness (QED) is 0.743. The van der Waals surface area contributed by atoms with Crippen LogP contribution < -0.4 is 10.1 Å². The molecule has 0 saturated carbocycles. The van der Waals surface area contributed by atoms with E-state index >= 15 is 0 Å². The van der Waals surface area contributed by atoms with Crippen LogP contribution in [-0.2, 0) is 11.3 Å². The first kappa shape index (κ1) is 17.7. The molecule has 0 radical (unpaired) electrons. The van der Waals surface area contributed by atoms with Gasteiger partial charge in [-0.2, -0.15) is 9.50 Å². The fraction of sp³-hybridized carbons (Fsp3) is 0.421. The van der Waals surface area contributed by atoms with E-state index in [4.69, 9.17) is 9.47 Å². The van der Waals surface area contributed by atoms with Crippen molar-refractivity contribution in [3.63, 3.8) is 0 Å². The maximum Gasteiger partial charge on any atom is 0.254 e. The number of aryl methyl sites for hydroxylation is 1. The molecule has 1 aliphatic heterocycles. The predicted molar refractivity (Wildman–Crippen MR) is 98.6 cm³/mol. The fourth-order valence-electron chi connectivity index (χ4n) is 3.36. The average Bonchev–Trinajstić information content (AvgIpc) is 3.10. The van der Waals surface area contributed by atoms with Crippen LogP contribution >= 0.6 is 0 Å². The smallest absolute Gasteiger partial charge is 0.254 e. The van der Waals surface area contributed by atoms with Gasteiger partial charge in [-0.25, -0.2) is 9.37 Å². The molecule has 2 aromatic heterocycles. The number of halogens is 1. The van der Waals surface area contributed by atoms with Gasteiger partial charge in [-0.3, -0.25) is 0 Å². The van der Waals surface area contributed by atoms with Crippen LogP contribution in [0.5, 0.6) is 5.75 Å². The second kappa shape index (κ2) is 7.48. The maximum absolute atomic E-state index is 14.0. The molecule has 4 rings (SSSR count). The Morgan fingerprint density at radius 1 is 1.26 bits per heavy atom. The lowest BCUT2D eigenvalue weighted by Crippen LogP contribution is -2.17. The number of nitrogens with zero attached hydrogens (tertiary/aromatic N) is 4. The van der Waals surface area contributed by atoms with Gasteiger partial charge < -0.3 is 14.8 Å². The van der Waals surface area contributed by atoms with E-state index in [2.05, 4.69) is 26.4 Å². The highest BCUT2D eigenvalue weighted by Crippen LogP contribution is 2.27. The zero-order valence-electron chi connectivity index (χ0n) is 15.4. The first-order valence-corrected chi connectivity index (χ1v) is 9.02. The molecule has 1 aromatic carbocycles. The molecule has 1 fully saturated rings. The third-order valence-electron chi connectivity index (χ3n) is 4.80. The molecule has 142 valence electrons. The van der Waals surface area contributed by atoms with Crippen LogP contribution in [0.3, 0.4) is 0 Å². The summed E-state index contributed by atoms with van der Waals surface area (Å²) in [7, 11) is 1.56. The van der Waals surface area contributed by atoms with E-state index in [-0.39, 0.29) is 12.4 Å². The minimum atomic E-state index is -0.302. The van der Waals surface area contributed by atoms with E-state index in [9.17, 15) is 4.39 Å². The number of methoxy groups -OCH3 is 1. The lowest BCUT2D eigenvalue weighted by atomic mass is 9.96. The molecule has 0 atom stereocenters. The molecule has 0 aliphatic carbocycles. The van der Waals surface area contributed by atoms with E-state index in [1.165, 1.54) is 6.07 Å². The van der Waals surface area contributed by atoms with Crippen molar-refractivity contribution in [3.8, 4) is 5.75 Å². The van der Waals surface area contributed by atoms with Crippen molar-refractivity contribution in [2.75, 3.05) is 25.6 Å². The van der Waals surface area contributed by atoms with Gasteiger partial charge in [0, 0.05) is 36.9 Å². The van der Waals surface area contributed by atoms with Crippen LogP contribution in [0, 0.1) is 12.7 Å². The Bertz CT molecular complexity index is 953. The molecule has 3 heterocycles. The second-order valence-electron chi connectivity index (χ2n) is 6.67. The summed E-state index contributed by atoms with van der Waals surface area (Å²) in [5.74, 6) is 1.64. The van der Waals surface area contributed by atoms with Crippen LogP contribution in [0.4, 0.5) is 10.3 Å². The van der Waals surface area contributed by atoms with E-state index in [0.717, 1.165) is 37.4 Å². The predicted octanol–water partition coefficient (Wildman–Crippen LogP) is 3.09. The van der Waals surface area contributed by atoms with Crippen molar-refractivity contribution in [1.82, 2.24) is 19.6 Å². The van der Waals surface area contributed by atoms with Gasteiger partial charge in [-0.15, -0.1) is 5.10 Å². The van der Waals surface area contributed by atoms with Crippen LogP contribution in [0.15, 0.2) is 24.3 Å². The number of rotatable bonds is 5. The SMILES string of the molecule is COc1ccc(F)c(CNc2nc3nc(C)cc(C4CCOCC4)n3n2)c1. The first-order valence-electron chi connectivity index (χ1n) is 9.02. The molecule has 1 saturated heterocycles. The molecule has 27 heavy (non-hydrogen) atoms. The van der Waals surface area contributed by atoms with Crippen LogP contribution in [0.25, 0.3) is 5.78 Å². The van der Waals surface area contributed by atoms with Crippen molar-refractivity contribution in [3.05, 3.63) is 47.0 Å². The number of anilines is 1. The third-order valence-corrected chi connectivity index (χ3v) is 4.80. The fourth-order valence-corrected chi connectivity index (χ4v) is 3.36. The van der Waals surface area contributed by atoms with Gasteiger partial charge in [-0.1, -0.05) is 0 Å². The monoisotopic (exact) mass is 371 g/mol. The van der Waals surface area contributed by atoms with Crippen LogP contribution in [-0.4, -0.2) is 39.9 Å². The Morgan fingerprint density at radius 2 is 2.07 bits per heavy atom. The van der Waals surface area contributed by atoms with Gasteiger partial charge in [-0.05, 0) is 44.0 Å². The lowest BCUT2D eigenvalue weighted by Gasteiger charge is -2.22. The lowest BCUT2D eigenvalue weighted by molar-refractivity contribution is 0.0840. The van der Waals surface area contributed by atoms with Gasteiger partial charge in [0.2, 0.25) is 5.95 Å². The highest BCUT2D eigenvalue weighted by atomic mass is 19.1. The van der Waals surface area contributed by atoms with Crippen molar-refractivity contribution >= 4 is 11.7 Å². The van der Waals surface area contributed by atoms with Gasteiger partial charge in [0.15, 0.2) is 0 Å². The minimum absolute atomic E-state index is 0.255. The standard InChI is InChI=1S/C19H22FN5O2/c1-12-9-17(13-5-7-27-8-6-13)25-19(22-12)23-18(24-25)21-11-14-10-15(26-2)3-4-16(14)20/h3-4,9-10,13H,5-8,11H2,1-2H3,(H,21,24). The summed E-state index contributed by atoms with van der Waals surface area (Å²) < 4.78 is 26.4. The summed E-state index contributed by atoms with van der Waals surface area (Å²) in [5.41, 5.74) is 2.48. The summed E-state index contributed by atoms with van der Waals surface area (Å²) in [6, 6.07) is 6.70. The molecule has 0 amide bonds. The van der Waals surface area contributed by atoms with Crippen molar-refractivity contribution in [2.45, 2.75) is 32.2 Å². The van der Waals surface area contributed by atoms with Gasteiger partial charge in [0.1, 0.15) is 11.6 Å². The Morgan fingerprint density at radius 3 is 2.85 bits per heavy atom. The average molecular weight is 371 g/mol. The van der Waals surface area contributed by atoms with E-state index < -0.39 is 0 Å². The number of fused-ring (bicyclic) bond motifs is 1. The Balaban J connectivity index is 1.60. The maximum atomic E-state index is 14.0. The first-order chi connectivity index (χ1) is 13.1. The number of aromatic nitrogens is 4. The molecule has 7 nitrogen and oxygen atoms in total. The number of hydrogen-bond acceptors (Lipinski definition) is 6. The topological polar surface area (TPSA) is 73.6 Å². The highest BCUT2D eigenvalue weighted by molar-refractivity contribution is 5.41. The van der Waals surface area contributed by atoms with Crippen LogP contribution in [0.1, 0.15) is 35.7 Å². The van der Waals surface area contributed by atoms with Crippen LogP contribution in [0.2, 0.25) is 0 Å². The van der Waals surface area contributed by atoms with Gasteiger partial charge >= 0.3 is 0 Å². The van der Waals surface area contributed by atoms with Crippen molar-refractivity contribution in [2.24, 2.45) is 0 Å². The molecule has 3 aromatic rings. The number of benzene rings is 1. The normalized spacial score (nSPS) is 15.2. The third kappa shape index (κ3) is 3.71. The Kier molecular flexibility index (Phi) is 4.89. The summed E-state index contributed by atoms with van der Waals surface area (Å²) in [4.78, 5) is 8.94. The van der Waals surface area contributed by atoms with E-state index in [1.807, 2.05) is 6.92 Å². The van der Waals surface area contributed by atoms with Gasteiger partial charge in [0.05, 0.1) is 12.8 Å². The molecule has 8 heteroatoms.